The van der Waals surface area contributed by atoms with Crippen LogP contribution in [-0.2, 0) is 9.59 Å². The molecule has 0 saturated carbocycles. The van der Waals surface area contributed by atoms with Crippen LogP contribution >= 0.6 is 0 Å². The first-order valence-corrected chi connectivity index (χ1v) is 4.56. The summed E-state index contributed by atoms with van der Waals surface area (Å²) in [6.45, 7) is 7.12. The lowest BCUT2D eigenvalue weighted by atomic mass is 9.79. The second-order valence-corrected chi connectivity index (χ2v) is 5.00. The van der Waals surface area contributed by atoms with Gasteiger partial charge >= 0.3 is 11.9 Å². The van der Waals surface area contributed by atoms with Gasteiger partial charge in [0.05, 0.1) is 0 Å². The molecule has 0 fully saturated rings. The maximum absolute atomic E-state index is 10.8. The number of aliphatic carboxylic acids is 2. The number of hydrogen-bond donors (Lipinski definition) is 2. The van der Waals surface area contributed by atoms with Gasteiger partial charge in [0.15, 0.2) is 5.41 Å². The van der Waals surface area contributed by atoms with Crippen LogP contribution in [0.5, 0.6) is 0 Å². The zero-order valence-electron chi connectivity index (χ0n) is 9.13. The molecule has 14 heavy (non-hydrogen) atoms. The van der Waals surface area contributed by atoms with Crippen LogP contribution in [0.1, 0.15) is 40.5 Å². The fourth-order valence-corrected chi connectivity index (χ4v) is 0.930. The maximum Gasteiger partial charge on any atom is 0.320 e. The second kappa shape index (κ2) is 3.98. The van der Waals surface area contributed by atoms with Crippen LogP contribution in [0.2, 0.25) is 0 Å². The topological polar surface area (TPSA) is 74.6 Å². The molecule has 0 heterocycles. The number of carboxylic acids is 2. The lowest BCUT2D eigenvalue weighted by molar-refractivity contribution is -0.164. The molecule has 0 spiro atoms. The van der Waals surface area contributed by atoms with E-state index in [1.807, 2.05) is 20.8 Å². The molecule has 0 atom stereocenters. The van der Waals surface area contributed by atoms with E-state index in [0.29, 0.717) is 6.42 Å². The standard InChI is InChI=1S/C10H18O4/c1-9(2,3)5-6-10(4,7(11)12)8(13)14/h5-6H2,1-4H3,(H,11,12)(H,13,14). The van der Waals surface area contributed by atoms with Crippen molar-refractivity contribution >= 4 is 11.9 Å². The van der Waals surface area contributed by atoms with Crippen molar-refractivity contribution in [3.63, 3.8) is 0 Å². The monoisotopic (exact) mass is 202 g/mol. The van der Waals surface area contributed by atoms with Gasteiger partial charge in [-0.3, -0.25) is 9.59 Å². The van der Waals surface area contributed by atoms with Crippen molar-refractivity contribution < 1.29 is 19.8 Å². The minimum absolute atomic E-state index is 0.0494. The Morgan fingerprint density at radius 1 is 0.929 bits per heavy atom. The Morgan fingerprint density at radius 2 is 1.29 bits per heavy atom. The van der Waals surface area contributed by atoms with Gasteiger partial charge in [-0.25, -0.2) is 0 Å². The minimum Gasteiger partial charge on any atom is -0.480 e. The van der Waals surface area contributed by atoms with E-state index in [1.54, 1.807) is 0 Å². The zero-order chi connectivity index (χ0) is 11.6. The Bertz CT molecular complexity index is 223. The Morgan fingerprint density at radius 3 is 1.50 bits per heavy atom. The summed E-state index contributed by atoms with van der Waals surface area (Å²) < 4.78 is 0. The predicted octanol–water partition coefficient (Wildman–Crippen LogP) is 1.99. The molecule has 4 heteroatoms. The van der Waals surface area contributed by atoms with Crippen LogP contribution in [0.4, 0.5) is 0 Å². The number of hydrogen-bond acceptors (Lipinski definition) is 2. The first-order valence-electron chi connectivity index (χ1n) is 4.56. The van der Waals surface area contributed by atoms with Gasteiger partial charge in [-0.15, -0.1) is 0 Å². The Kier molecular flexibility index (Phi) is 3.68. The van der Waals surface area contributed by atoms with Gasteiger partial charge in [0.25, 0.3) is 0 Å². The Labute approximate surface area is 83.9 Å². The van der Waals surface area contributed by atoms with Gasteiger partial charge in [0.2, 0.25) is 0 Å². The molecular formula is C10H18O4. The molecule has 0 unspecified atom stereocenters. The van der Waals surface area contributed by atoms with E-state index >= 15 is 0 Å². The van der Waals surface area contributed by atoms with E-state index in [-0.39, 0.29) is 11.8 Å². The third-order valence-electron chi connectivity index (χ3n) is 2.32. The molecule has 0 aromatic heterocycles. The molecule has 0 rings (SSSR count). The summed E-state index contributed by atoms with van der Waals surface area (Å²) in [7, 11) is 0. The summed E-state index contributed by atoms with van der Waals surface area (Å²) in [6.07, 6.45) is 0.725. The van der Waals surface area contributed by atoms with Crippen molar-refractivity contribution in [1.82, 2.24) is 0 Å². The van der Waals surface area contributed by atoms with E-state index in [0.717, 1.165) is 0 Å². The van der Waals surface area contributed by atoms with Crippen molar-refractivity contribution in [2.45, 2.75) is 40.5 Å². The highest BCUT2D eigenvalue weighted by Crippen LogP contribution is 2.31. The molecular weight excluding hydrogens is 184 g/mol. The summed E-state index contributed by atoms with van der Waals surface area (Å²) in [6, 6.07) is 0. The van der Waals surface area contributed by atoms with Crippen LogP contribution in [0.15, 0.2) is 0 Å². The summed E-state index contributed by atoms with van der Waals surface area (Å²) in [5.74, 6) is -2.54. The molecule has 82 valence electrons. The zero-order valence-corrected chi connectivity index (χ0v) is 9.13. The molecule has 4 nitrogen and oxygen atoms in total. The Hall–Kier alpha value is -1.06. The predicted molar refractivity (Wildman–Crippen MR) is 52.1 cm³/mol. The van der Waals surface area contributed by atoms with E-state index < -0.39 is 17.4 Å². The maximum atomic E-state index is 10.8. The fraction of sp³-hybridized carbons (Fsp3) is 0.800. The van der Waals surface area contributed by atoms with Gasteiger partial charge in [0.1, 0.15) is 0 Å². The number of rotatable bonds is 4. The molecule has 0 radical (unpaired) electrons. The van der Waals surface area contributed by atoms with Gasteiger partial charge in [-0.05, 0) is 25.2 Å². The summed E-state index contributed by atoms with van der Waals surface area (Å²) in [5.41, 5.74) is -1.71. The quantitative estimate of drug-likeness (QED) is 0.683. The van der Waals surface area contributed by atoms with E-state index in [9.17, 15) is 9.59 Å². The first kappa shape index (κ1) is 12.9. The van der Waals surface area contributed by atoms with Crippen molar-refractivity contribution in [1.29, 1.82) is 0 Å². The largest absolute Gasteiger partial charge is 0.480 e. The van der Waals surface area contributed by atoms with Gasteiger partial charge in [-0.2, -0.15) is 0 Å². The highest BCUT2D eigenvalue weighted by atomic mass is 16.4. The third kappa shape index (κ3) is 3.36. The van der Waals surface area contributed by atoms with E-state index in [1.165, 1.54) is 6.92 Å². The average Bonchev–Trinajstić information content (AvgIpc) is 1.97. The van der Waals surface area contributed by atoms with Crippen molar-refractivity contribution in [2.75, 3.05) is 0 Å². The SMILES string of the molecule is CC(C)(C)CCC(C)(C(=O)O)C(=O)O. The van der Waals surface area contributed by atoms with E-state index in [4.69, 9.17) is 10.2 Å². The molecule has 0 aliphatic heterocycles. The smallest absolute Gasteiger partial charge is 0.320 e. The van der Waals surface area contributed by atoms with Gasteiger partial charge in [-0.1, -0.05) is 20.8 Å². The van der Waals surface area contributed by atoms with Crippen molar-refractivity contribution in [3.05, 3.63) is 0 Å². The number of carboxylic acid groups (broad SMARTS) is 2. The first-order chi connectivity index (χ1) is 6.09. The van der Waals surface area contributed by atoms with Crippen LogP contribution in [0.3, 0.4) is 0 Å². The highest BCUT2D eigenvalue weighted by Gasteiger charge is 2.41. The third-order valence-corrected chi connectivity index (χ3v) is 2.32. The van der Waals surface area contributed by atoms with Crippen molar-refractivity contribution in [3.8, 4) is 0 Å². The highest BCUT2D eigenvalue weighted by molar-refractivity contribution is 5.97. The summed E-state index contributed by atoms with van der Waals surface area (Å²) >= 11 is 0. The number of carbonyl (C=O) groups is 2. The summed E-state index contributed by atoms with van der Waals surface area (Å²) in [4.78, 5) is 21.6. The lowest BCUT2D eigenvalue weighted by Gasteiger charge is -2.25. The van der Waals surface area contributed by atoms with Crippen LogP contribution in [0.25, 0.3) is 0 Å². The Balaban J connectivity index is 4.56. The lowest BCUT2D eigenvalue weighted by Crippen LogP contribution is -2.37. The molecule has 0 saturated heterocycles. The summed E-state index contributed by atoms with van der Waals surface area (Å²) in [5, 5.41) is 17.6. The van der Waals surface area contributed by atoms with Gasteiger partial charge < -0.3 is 10.2 Å². The average molecular weight is 202 g/mol. The molecule has 0 amide bonds. The molecule has 0 aromatic rings. The molecule has 0 aliphatic carbocycles. The molecule has 0 aliphatic rings. The molecule has 0 bridgehead atoms. The van der Waals surface area contributed by atoms with Crippen LogP contribution < -0.4 is 0 Å². The van der Waals surface area contributed by atoms with Crippen molar-refractivity contribution in [2.24, 2.45) is 10.8 Å². The molecule has 2 N–H and O–H groups in total. The second-order valence-electron chi connectivity index (χ2n) is 5.00. The van der Waals surface area contributed by atoms with Crippen LogP contribution in [-0.4, -0.2) is 22.2 Å². The normalized spacial score (nSPS) is 12.6. The van der Waals surface area contributed by atoms with E-state index in [2.05, 4.69) is 0 Å². The molecule has 0 aromatic carbocycles. The fourth-order valence-electron chi connectivity index (χ4n) is 0.930. The minimum atomic E-state index is -1.66. The van der Waals surface area contributed by atoms with Gasteiger partial charge in [0, 0.05) is 0 Å². The van der Waals surface area contributed by atoms with Crippen LogP contribution in [0, 0.1) is 10.8 Å².